The predicted octanol–water partition coefficient (Wildman–Crippen LogP) is 3.87. The van der Waals surface area contributed by atoms with Gasteiger partial charge in [0, 0.05) is 23.0 Å². The minimum Gasteiger partial charge on any atom is -0.499 e. The van der Waals surface area contributed by atoms with Gasteiger partial charge in [-0.15, -0.1) is 0 Å². The summed E-state index contributed by atoms with van der Waals surface area (Å²) in [7, 11) is 1.75. The molecule has 1 atom stereocenters. The van der Waals surface area contributed by atoms with E-state index in [4.69, 9.17) is 4.74 Å². The lowest BCUT2D eigenvalue weighted by atomic mass is 9.90. The number of hydrogen-bond acceptors (Lipinski definition) is 3. The maximum Gasteiger partial charge on any atom is 0.123 e. The number of aryl methyl sites for hydroxylation is 1. The lowest BCUT2D eigenvalue weighted by molar-refractivity contribution is 0.262. The Morgan fingerprint density at radius 3 is 2.50 bits per heavy atom. The minimum atomic E-state index is -0.167. The van der Waals surface area contributed by atoms with Gasteiger partial charge in [0.1, 0.15) is 5.76 Å². The molecule has 0 amide bonds. The summed E-state index contributed by atoms with van der Waals surface area (Å²) in [6, 6.07) is 14.7. The Labute approximate surface area is 132 Å². The molecule has 0 aliphatic carbocycles. The van der Waals surface area contributed by atoms with E-state index in [1.54, 1.807) is 7.11 Å². The van der Waals surface area contributed by atoms with Crippen LogP contribution in [0.1, 0.15) is 36.7 Å². The van der Waals surface area contributed by atoms with Crippen molar-refractivity contribution in [2.75, 3.05) is 7.11 Å². The highest BCUT2D eigenvalue weighted by molar-refractivity contribution is 5.78. The predicted molar refractivity (Wildman–Crippen MR) is 89.3 cm³/mol. The van der Waals surface area contributed by atoms with Crippen molar-refractivity contribution in [3.63, 3.8) is 0 Å². The molecule has 3 rings (SSSR count). The Balaban J connectivity index is 2.15. The highest BCUT2D eigenvalue weighted by Crippen LogP contribution is 2.43. The van der Waals surface area contributed by atoms with Gasteiger partial charge in [0.15, 0.2) is 0 Å². The third-order valence-electron chi connectivity index (χ3n) is 4.18. The number of nitrogens with one attached hydrogen (secondary N) is 1. The van der Waals surface area contributed by atoms with Crippen LogP contribution in [0.25, 0.3) is 5.57 Å². The van der Waals surface area contributed by atoms with Crippen LogP contribution in [-0.2, 0) is 4.74 Å². The van der Waals surface area contributed by atoms with Crippen molar-refractivity contribution in [3.8, 4) is 0 Å². The second-order valence-electron chi connectivity index (χ2n) is 6.24. The van der Waals surface area contributed by atoms with E-state index in [0.717, 1.165) is 11.5 Å². The van der Waals surface area contributed by atoms with E-state index in [0.29, 0.717) is 0 Å². The van der Waals surface area contributed by atoms with Gasteiger partial charge in [-0.05, 0) is 44.0 Å². The second kappa shape index (κ2) is 5.58. The van der Waals surface area contributed by atoms with Crippen molar-refractivity contribution in [1.82, 2.24) is 10.3 Å². The Hall–Kier alpha value is -2.13. The van der Waals surface area contributed by atoms with Crippen LogP contribution in [0.4, 0.5) is 0 Å². The largest absolute Gasteiger partial charge is 0.499 e. The Morgan fingerprint density at radius 1 is 1.14 bits per heavy atom. The van der Waals surface area contributed by atoms with Gasteiger partial charge < -0.3 is 4.74 Å². The van der Waals surface area contributed by atoms with Gasteiger partial charge in [0.05, 0.1) is 13.2 Å². The number of aromatic nitrogens is 1. The summed E-state index contributed by atoms with van der Waals surface area (Å²) in [6.45, 7) is 6.40. The Kier molecular flexibility index (Phi) is 3.75. The lowest BCUT2D eigenvalue weighted by Crippen LogP contribution is -2.36. The second-order valence-corrected chi connectivity index (χ2v) is 6.24. The van der Waals surface area contributed by atoms with E-state index in [1.807, 2.05) is 19.2 Å². The average Bonchev–Trinajstić information content (AvgIpc) is 2.79. The summed E-state index contributed by atoms with van der Waals surface area (Å²) < 4.78 is 5.82. The molecule has 1 aliphatic rings. The van der Waals surface area contributed by atoms with Gasteiger partial charge in [-0.3, -0.25) is 10.3 Å². The lowest BCUT2D eigenvalue weighted by Gasteiger charge is -2.24. The summed E-state index contributed by atoms with van der Waals surface area (Å²) in [6.07, 6.45) is 1.86. The van der Waals surface area contributed by atoms with Crippen LogP contribution in [0.5, 0.6) is 0 Å². The molecule has 1 aliphatic heterocycles. The first-order chi connectivity index (χ1) is 10.5. The van der Waals surface area contributed by atoms with Crippen LogP contribution in [0.3, 0.4) is 0 Å². The minimum absolute atomic E-state index is 0.0738. The number of methoxy groups -OCH3 is 1. The summed E-state index contributed by atoms with van der Waals surface area (Å²) >= 11 is 0. The fourth-order valence-electron chi connectivity index (χ4n) is 3.26. The first-order valence-corrected chi connectivity index (χ1v) is 7.57. The van der Waals surface area contributed by atoms with E-state index in [2.05, 4.69) is 60.5 Å². The molecule has 114 valence electrons. The molecule has 2 aromatic rings. The molecule has 0 fully saturated rings. The topological polar surface area (TPSA) is 34.1 Å². The number of benzene rings is 1. The van der Waals surface area contributed by atoms with Gasteiger partial charge in [0.2, 0.25) is 0 Å². The van der Waals surface area contributed by atoms with Gasteiger partial charge in [0.25, 0.3) is 0 Å². The zero-order chi connectivity index (χ0) is 15.7. The zero-order valence-corrected chi connectivity index (χ0v) is 13.6. The molecule has 22 heavy (non-hydrogen) atoms. The van der Waals surface area contributed by atoms with E-state index < -0.39 is 0 Å². The van der Waals surface area contributed by atoms with Crippen molar-refractivity contribution in [1.29, 1.82) is 0 Å². The fraction of sp³-hybridized carbons (Fsp3) is 0.316. The molecule has 2 heterocycles. The van der Waals surface area contributed by atoms with Gasteiger partial charge in [-0.1, -0.05) is 30.3 Å². The van der Waals surface area contributed by atoms with Crippen LogP contribution < -0.4 is 5.32 Å². The molecule has 1 unspecified atom stereocenters. The molecule has 0 spiro atoms. The van der Waals surface area contributed by atoms with Crippen molar-refractivity contribution < 1.29 is 4.74 Å². The maximum absolute atomic E-state index is 5.82. The normalized spacial score (nSPS) is 20.3. The van der Waals surface area contributed by atoms with Crippen molar-refractivity contribution in [2.45, 2.75) is 32.4 Å². The number of ether oxygens (including phenoxy) is 1. The summed E-state index contributed by atoms with van der Waals surface area (Å²) in [4.78, 5) is 4.30. The molecule has 1 aromatic heterocycles. The molecule has 1 N–H and O–H groups in total. The highest BCUT2D eigenvalue weighted by Gasteiger charge is 2.41. The fourth-order valence-corrected chi connectivity index (χ4v) is 3.26. The first kappa shape index (κ1) is 14.8. The van der Waals surface area contributed by atoms with E-state index >= 15 is 0 Å². The molecular formula is C19H22N2O. The molecule has 1 aromatic carbocycles. The van der Waals surface area contributed by atoms with Crippen LogP contribution >= 0.6 is 0 Å². The first-order valence-electron chi connectivity index (χ1n) is 7.57. The Morgan fingerprint density at radius 2 is 1.86 bits per heavy atom. The van der Waals surface area contributed by atoms with Gasteiger partial charge in [-0.25, -0.2) is 0 Å². The molecule has 0 saturated heterocycles. The maximum atomic E-state index is 5.82. The van der Waals surface area contributed by atoms with E-state index in [1.165, 1.54) is 16.7 Å². The van der Waals surface area contributed by atoms with Crippen molar-refractivity contribution >= 4 is 5.57 Å². The quantitative estimate of drug-likeness (QED) is 0.933. The third-order valence-corrected chi connectivity index (χ3v) is 4.18. The van der Waals surface area contributed by atoms with Gasteiger partial charge >= 0.3 is 0 Å². The summed E-state index contributed by atoms with van der Waals surface area (Å²) in [5.41, 5.74) is 4.43. The highest BCUT2D eigenvalue weighted by atomic mass is 16.5. The van der Waals surface area contributed by atoms with Crippen LogP contribution in [-0.4, -0.2) is 17.6 Å². The number of hydrogen-bond donors (Lipinski definition) is 1. The van der Waals surface area contributed by atoms with E-state index in [-0.39, 0.29) is 11.6 Å². The zero-order valence-electron chi connectivity index (χ0n) is 13.6. The molecular weight excluding hydrogens is 272 g/mol. The average molecular weight is 294 g/mol. The number of rotatable bonds is 3. The molecule has 0 saturated carbocycles. The molecule has 3 nitrogen and oxygen atoms in total. The van der Waals surface area contributed by atoms with Gasteiger partial charge in [-0.2, -0.15) is 0 Å². The third kappa shape index (κ3) is 2.53. The summed E-state index contributed by atoms with van der Waals surface area (Å²) in [5.74, 6) is 0.988. The number of pyridine rings is 1. The van der Waals surface area contributed by atoms with Crippen LogP contribution in [0.15, 0.2) is 54.4 Å². The van der Waals surface area contributed by atoms with Crippen LogP contribution in [0, 0.1) is 6.92 Å². The number of nitrogens with zero attached hydrogens (tertiary/aromatic N) is 1. The summed E-state index contributed by atoms with van der Waals surface area (Å²) in [5, 5.41) is 3.70. The Bertz CT molecular complexity index is 704. The monoisotopic (exact) mass is 294 g/mol. The standard InChI is InChI=1S/C19H22N2O/c1-13-12-15(10-11-20-13)16-18(22-4)17(21-19(16,2)3)14-8-6-5-7-9-14/h5-12,17,21H,1-4H3. The van der Waals surface area contributed by atoms with Crippen molar-refractivity contribution in [3.05, 3.63) is 71.2 Å². The van der Waals surface area contributed by atoms with Crippen molar-refractivity contribution in [2.24, 2.45) is 0 Å². The SMILES string of the molecule is COC1=C(c2ccnc(C)c2)C(C)(C)NC1c1ccccc1. The van der Waals surface area contributed by atoms with Crippen LogP contribution in [0.2, 0.25) is 0 Å². The molecule has 3 heteroatoms. The smallest absolute Gasteiger partial charge is 0.123 e. The molecule has 0 bridgehead atoms. The van der Waals surface area contributed by atoms with E-state index in [9.17, 15) is 0 Å². The molecule has 0 radical (unpaired) electrons.